The van der Waals surface area contributed by atoms with E-state index in [-0.39, 0.29) is 12.5 Å². The molecular formula is C20H24N2O4. The molecule has 2 aromatic rings. The maximum absolute atomic E-state index is 12.0. The minimum atomic E-state index is -0.321. The van der Waals surface area contributed by atoms with Crippen molar-refractivity contribution in [2.24, 2.45) is 5.10 Å². The average molecular weight is 356 g/mol. The summed E-state index contributed by atoms with van der Waals surface area (Å²) in [5.41, 5.74) is 5.19. The standard InChI is InChI=1S/C20H24N2O4/c1-5-17(15-9-10-18(24-3)19(12-15)25-4)21-22-20(23)13-26-16-8-6-7-14(2)11-16/h6-12H,5,13H2,1-4H3,(H,22,23)/b21-17+. The first-order valence-electron chi connectivity index (χ1n) is 8.34. The second kappa shape index (κ2) is 9.46. The zero-order chi connectivity index (χ0) is 18.9. The van der Waals surface area contributed by atoms with Crippen LogP contribution in [-0.2, 0) is 4.79 Å². The number of amides is 1. The van der Waals surface area contributed by atoms with E-state index in [9.17, 15) is 4.79 Å². The first kappa shape index (κ1) is 19.3. The molecule has 0 aromatic heterocycles. The highest BCUT2D eigenvalue weighted by Gasteiger charge is 2.09. The van der Waals surface area contributed by atoms with Gasteiger partial charge in [0.15, 0.2) is 18.1 Å². The summed E-state index contributed by atoms with van der Waals surface area (Å²) in [5.74, 6) is 1.58. The SMILES string of the molecule is CC/C(=N\NC(=O)COc1cccc(C)c1)c1ccc(OC)c(OC)c1. The Balaban J connectivity index is 2.01. The molecule has 0 bridgehead atoms. The molecule has 0 saturated heterocycles. The third kappa shape index (κ3) is 5.24. The lowest BCUT2D eigenvalue weighted by Gasteiger charge is -2.11. The van der Waals surface area contributed by atoms with E-state index in [1.54, 1.807) is 14.2 Å². The number of aryl methyl sites for hydroxylation is 1. The van der Waals surface area contributed by atoms with Crippen LogP contribution in [0.4, 0.5) is 0 Å². The Morgan fingerprint density at radius 3 is 2.50 bits per heavy atom. The minimum absolute atomic E-state index is 0.101. The number of hydrazone groups is 1. The van der Waals surface area contributed by atoms with E-state index in [4.69, 9.17) is 14.2 Å². The van der Waals surface area contributed by atoms with E-state index in [0.29, 0.717) is 23.7 Å². The molecule has 1 N–H and O–H groups in total. The number of carbonyl (C=O) groups excluding carboxylic acids is 1. The summed E-state index contributed by atoms with van der Waals surface area (Å²) in [4.78, 5) is 12.0. The summed E-state index contributed by atoms with van der Waals surface area (Å²) in [7, 11) is 3.16. The molecule has 0 radical (unpaired) electrons. The van der Waals surface area contributed by atoms with Crippen molar-refractivity contribution >= 4 is 11.6 Å². The maximum atomic E-state index is 12.0. The largest absolute Gasteiger partial charge is 0.493 e. The molecule has 0 aliphatic carbocycles. The molecule has 2 aromatic carbocycles. The molecule has 0 atom stereocenters. The van der Waals surface area contributed by atoms with Gasteiger partial charge >= 0.3 is 0 Å². The van der Waals surface area contributed by atoms with Gasteiger partial charge < -0.3 is 14.2 Å². The Morgan fingerprint density at radius 2 is 1.85 bits per heavy atom. The summed E-state index contributed by atoms with van der Waals surface area (Å²) < 4.78 is 16.0. The zero-order valence-corrected chi connectivity index (χ0v) is 15.5. The smallest absolute Gasteiger partial charge is 0.277 e. The van der Waals surface area contributed by atoms with Gasteiger partial charge in [0.05, 0.1) is 19.9 Å². The summed E-state index contributed by atoms with van der Waals surface area (Å²) in [6, 6.07) is 13.0. The number of carbonyl (C=O) groups is 1. The second-order valence-corrected chi connectivity index (χ2v) is 5.62. The monoisotopic (exact) mass is 356 g/mol. The van der Waals surface area contributed by atoms with Gasteiger partial charge in [0.2, 0.25) is 0 Å². The molecular weight excluding hydrogens is 332 g/mol. The van der Waals surface area contributed by atoms with Gasteiger partial charge in [-0.05, 0) is 49.2 Å². The Morgan fingerprint density at radius 1 is 1.08 bits per heavy atom. The molecule has 26 heavy (non-hydrogen) atoms. The van der Waals surface area contributed by atoms with Gasteiger partial charge in [-0.3, -0.25) is 4.79 Å². The van der Waals surface area contributed by atoms with Gasteiger partial charge in [0, 0.05) is 5.56 Å². The lowest BCUT2D eigenvalue weighted by molar-refractivity contribution is -0.123. The maximum Gasteiger partial charge on any atom is 0.277 e. The Labute approximate surface area is 153 Å². The van der Waals surface area contributed by atoms with Gasteiger partial charge in [-0.25, -0.2) is 5.43 Å². The molecule has 0 heterocycles. The van der Waals surface area contributed by atoms with E-state index in [2.05, 4.69) is 10.5 Å². The lowest BCUT2D eigenvalue weighted by Crippen LogP contribution is -2.26. The van der Waals surface area contributed by atoms with Crippen LogP contribution in [0.5, 0.6) is 17.2 Å². The zero-order valence-electron chi connectivity index (χ0n) is 15.5. The van der Waals surface area contributed by atoms with Crippen molar-refractivity contribution in [3.63, 3.8) is 0 Å². The molecule has 0 aliphatic rings. The number of nitrogens with zero attached hydrogens (tertiary/aromatic N) is 1. The van der Waals surface area contributed by atoms with Gasteiger partial charge in [-0.15, -0.1) is 0 Å². The number of ether oxygens (including phenoxy) is 3. The highest BCUT2D eigenvalue weighted by molar-refractivity contribution is 6.01. The molecule has 6 heteroatoms. The van der Waals surface area contributed by atoms with Crippen LogP contribution in [0.2, 0.25) is 0 Å². The van der Waals surface area contributed by atoms with Crippen molar-refractivity contribution < 1.29 is 19.0 Å². The van der Waals surface area contributed by atoms with E-state index >= 15 is 0 Å². The van der Waals surface area contributed by atoms with E-state index < -0.39 is 0 Å². The summed E-state index contributed by atoms with van der Waals surface area (Å²) >= 11 is 0. The van der Waals surface area contributed by atoms with Crippen molar-refractivity contribution in [1.82, 2.24) is 5.43 Å². The quantitative estimate of drug-likeness (QED) is 0.582. The fourth-order valence-corrected chi connectivity index (χ4v) is 2.38. The summed E-state index contributed by atoms with van der Waals surface area (Å²) in [5, 5.41) is 4.21. The topological polar surface area (TPSA) is 69.2 Å². The molecule has 6 nitrogen and oxygen atoms in total. The van der Waals surface area contributed by atoms with Gasteiger partial charge in [0.1, 0.15) is 5.75 Å². The van der Waals surface area contributed by atoms with Crippen molar-refractivity contribution in [2.75, 3.05) is 20.8 Å². The van der Waals surface area contributed by atoms with Crippen molar-refractivity contribution in [1.29, 1.82) is 0 Å². The van der Waals surface area contributed by atoms with Crippen LogP contribution >= 0.6 is 0 Å². The van der Waals surface area contributed by atoms with Crippen LogP contribution in [0.25, 0.3) is 0 Å². The van der Waals surface area contributed by atoms with E-state index in [1.807, 2.05) is 56.3 Å². The molecule has 2 rings (SSSR count). The van der Waals surface area contributed by atoms with Gasteiger partial charge in [0.25, 0.3) is 5.91 Å². The van der Waals surface area contributed by atoms with Crippen LogP contribution in [0.15, 0.2) is 47.6 Å². The van der Waals surface area contributed by atoms with Crippen LogP contribution in [0, 0.1) is 6.92 Å². The van der Waals surface area contributed by atoms with E-state index in [1.165, 1.54) is 0 Å². The molecule has 0 saturated carbocycles. The third-order valence-electron chi connectivity index (χ3n) is 3.73. The molecule has 138 valence electrons. The Bertz CT molecular complexity index is 787. The predicted molar refractivity (Wildman–Crippen MR) is 101 cm³/mol. The molecule has 0 fully saturated rings. The number of methoxy groups -OCH3 is 2. The number of rotatable bonds is 8. The van der Waals surface area contributed by atoms with Crippen LogP contribution in [0.1, 0.15) is 24.5 Å². The van der Waals surface area contributed by atoms with Crippen molar-refractivity contribution in [2.45, 2.75) is 20.3 Å². The summed E-state index contributed by atoms with van der Waals surface area (Å²) in [6.45, 7) is 3.83. The van der Waals surface area contributed by atoms with Crippen LogP contribution in [0.3, 0.4) is 0 Å². The number of hydrogen-bond donors (Lipinski definition) is 1. The lowest BCUT2D eigenvalue weighted by atomic mass is 10.1. The van der Waals surface area contributed by atoms with Crippen LogP contribution < -0.4 is 19.6 Å². The molecule has 0 aliphatic heterocycles. The highest BCUT2D eigenvalue weighted by Crippen LogP contribution is 2.28. The molecule has 0 unspecified atom stereocenters. The Kier molecular flexibility index (Phi) is 7.02. The Hall–Kier alpha value is -3.02. The number of benzene rings is 2. The van der Waals surface area contributed by atoms with Gasteiger partial charge in [-0.1, -0.05) is 19.1 Å². The van der Waals surface area contributed by atoms with E-state index in [0.717, 1.165) is 16.8 Å². The molecule has 1 amide bonds. The second-order valence-electron chi connectivity index (χ2n) is 5.62. The van der Waals surface area contributed by atoms with Crippen molar-refractivity contribution in [3.8, 4) is 17.2 Å². The third-order valence-corrected chi connectivity index (χ3v) is 3.73. The first-order valence-corrected chi connectivity index (χ1v) is 8.34. The highest BCUT2D eigenvalue weighted by atomic mass is 16.5. The number of hydrogen-bond acceptors (Lipinski definition) is 5. The van der Waals surface area contributed by atoms with Gasteiger partial charge in [-0.2, -0.15) is 5.10 Å². The van der Waals surface area contributed by atoms with Crippen molar-refractivity contribution in [3.05, 3.63) is 53.6 Å². The number of nitrogens with one attached hydrogen (secondary N) is 1. The fraction of sp³-hybridized carbons (Fsp3) is 0.300. The van der Waals surface area contributed by atoms with Crippen LogP contribution in [-0.4, -0.2) is 32.4 Å². The summed E-state index contributed by atoms with van der Waals surface area (Å²) in [6.07, 6.45) is 0.647. The normalized spacial score (nSPS) is 11.0. The predicted octanol–water partition coefficient (Wildman–Crippen LogP) is 3.32. The minimum Gasteiger partial charge on any atom is -0.493 e. The fourth-order valence-electron chi connectivity index (χ4n) is 2.38. The first-order chi connectivity index (χ1) is 12.6. The molecule has 0 spiro atoms. The average Bonchev–Trinajstić information content (AvgIpc) is 2.66.